The van der Waals surface area contributed by atoms with Crippen LogP contribution in [0.1, 0.15) is 15.9 Å². The van der Waals surface area contributed by atoms with Crippen molar-refractivity contribution in [3.63, 3.8) is 0 Å². The van der Waals surface area contributed by atoms with Gasteiger partial charge in [0.2, 0.25) is 0 Å². The highest BCUT2D eigenvalue weighted by molar-refractivity contribution is 9.10. The number of nitrogens with one attached hydrogen (secondary N) is 1. The summed E-state index contributed by atoms with van der Waals surface area (Å²) in [5.41, 5.74) is 1.08. The minimum Gasteiger partial charge on any atom is -0.268 e. The number of amides is 1. The molecule has 4 nitrogen and oxygen atoms in total. The van der Waals surface area contributed by atoms with Crippen LogP contribution in [0.3, 0.4) is 0 Å². The lowest BCUT2D eigenvalue weighted by Crippen LogP contribution is -2.30. The van der Waals surface area contributed by atoms with Crippen molar-refractivity contribution in [3.05, 3.63) is 63.1 Å². The van der Waals surface area contributed by atoms with E-state index < -0.39 is 15.9 Å². The van der Waals surface area contributed by atoms with Gasteiger partial charge in [0.25, 0.3) is 15.9 Å². The van der Waals surface area contributed by atoms with Gasteiger partial charge in [-0.05, 0) is 53.2 Å². The molecule has 0 radical (unpaired) electrons. The molecule has 7 heteroatoms. The minimum atomic E-state index is -3.92. The Bertz CT molecular complexity index is 788. The summed E-state index contributed by atoms with van der Waals surface area (Å²) in [4.78, 5) is 12.1. The molecule has 0 aliphatic heterocycles. The molecule has 2 aromatic rings. The number of benzene rings is 2. The Balaban J connectivity index is 2.30. The lowest BCUT2D eigenvalue weighted by molar-refractivity contribution is 0.0980. The van der Waals surface area contributed by atoms with Gasteiger partial charge in [0.05, 0.1) is 10.5 Å². The molecule has 2 rings (SSSR count). The van der Waals surface area contributed by atoms with Crippen LogP contribution in [0.2, 0.25) is 5.02 Å². The van der Waals surface area contributed by atoms with Crippen molar-refractivity contribution >= 4 is 43.5 Å². The van der Waals surface area contributed by atoms with Crippen molar-refractivity contribution in [1.82, 2.24) is 4.72 Å². The average molecular weight is 389 g/mol. The number of sulfonamides is 1. The second kappa shape index (κ2) is 6.17. The Labute approximate surface area is 136 Å². The van der Waals surface area contributed by atoms with Crippen molar-refractivity contribution < 1.29 is 13.2 Å². The molecular weight excluding hydrogens is 378 g/mol. The highest BCUT2D eigenvalue weighted by Crippen LogP contribution is 2.21. The fourth-order valence-electron chi connectivity index (χ4n) is 1.62. The lowest BCUT2D eigenvalue weighted by Gasteiger charge is -2.08. The standard InChI is InChI=1S/C14H11BrClNO3S/c1-9-2-5-11(6-3-9)21(19,20)17-14(18)12-8-10(16)4-7-13(12)15/h2-8H,1H3,(H,17,18). The number of rotatable bonds is 3. The molecule has 0 saturated heterocycles. The maximum absolute atomic E-state index is 12.1. The van der Waals surface area contributed by atoms with Crippen LogP contribution < -0.4 is 4.72 Å². The zero-order valence-electron chi connectivity index (χ0n) is 10.9. The van der Waals surface area contributed by atoms with Crippen LogP contribution in [0.4, 0.5) is 0 Å². The maximum atomic E-state index is 12.1. The highest BCUT2D eigenvalue weighted by Gasteiger charge is 2.20. The van der Waals surface area contributed by atoms with Gasteiger partial charge in [-0.25, -0.2) is 13.1 Å². The van der Waals surface area contributed by atoms with Gasteiger partial charge < -0.3 is 0 Å². The molecule has 0 fully saturated rings. The summed E-state index contributed by atoms with van der Waals surface area (Å²) in [6.07, 6.45) is 0. The van der Waals surface area contributed by atoms with Gasteiger partial charge in [-0.1, -0.05) is 29.3 Å². The van der Waals surface area contributed by atoms with Crippen molar-refractivity contribution in [2.75, 3.05) is 0 Å². The molecule has 0 aliphatic carbocycles. The Morgan fingerprint density at radius 1 is 1.14 bits per heavy atom. The molecule has 0 saturated carbocycles. The fraction of sp³-hybridized carbons (Fsp3) is 0.0714. The fourth-order valence-corrected chi connectivity index (χ4v) is 3.19. The minimum absolute atomic E-state index is 0.0274. The van der Waals surface area contributed by atoms with E-state index in [2.05, 4.69) is 15.9 Å². The molecule has 0 heterocycles. The second-order valence-electron chi connectivity index (χ2n) is 4.37. The Hall–Kier alpha value is -1.37. The van der Waals surface area contributed by atoms with E-state index in [1.807, 2.05) is 11.6 Å². The van der Waals surface area contributed by atoms with Crippen LogP contribution in [-0.2, 0) is 10.0 Å². The summed E-state index contributed by atoms with van der Waals surface area (Å²) in [5.74, 6) is -0.745. The van der Waals surface area contributed by atoms with Crippen LogP contribution >= 0.6 is 27.5 Å². The molecule has 0 aromatic heterocycles. The van der Waals surface area contributed by atoms with E-state index in [4.69, 9.17) is 11.6 Å². The van der Waals surface area contributed by atoms with E-state index >= 15 is 0 Å². The number of carbonyl (C=O) groups is 1. The third kappa shape index (κ3) is 3.84. The first kappa shape index (κ1) is 16.0. The van der Waals surface area contributed by atoms with Gasteiger partial charge >= 0.3 is 0 Å². The number of aryl methyl sites for hydroxylation is 1. The molecule has 110 valence electrons. The van der Waals surface area contributed by atoms with Gasteiger partial charge in [-0.2, -0.15) is 0 Å². The second-order valence-corrected chi connectivity index (χ2v) is 7.35. The highest BCUT2D eigenvalue weighted by atomic mass is 79.9. The molecule has 0 atom stereocenters. The molecule has 1 amide bonds. The van der Waals surface area contributed by atoms with Gasteiger partial charge in [-0.3, -0.25) is 4.79 Å². The average Bonchev–Trinajstić information content (AvgIpc) is 2.41. The first-order valence-corrected chi connectivity index (χ1v) is 8.54. The van der Waals surface area contributed by atoms with Gasteiger partial charge in [0.15, 0.2) is 0 Å². The lowest BCUT2D eigenvalue weighted by atomic mass is 10.2. The summed E-state index contributed by atoms with van der Waals surface area (Å²) in [6, 6.07) is 10.8. The van der Waals surface area contributed by atoms with Crippen LogP contribution in [0, 0.1) is 6.92 Å². The Morgan fingerprint density at radius 3 is 2.38 bits per heavy atom. The third-order valence-electron chi connectivity index (χ3n) is 2.73. The summed E-state index contributed by atoms with van der Waals surface area (Å²) in [7, 11) is -3.92. The molecule has 0 spiro atoms. The molecule has 0 unspecified atom stereocenters. The SMILES string of the molecule is Cc1ccc(S(=O)(=O)NC(=O)c2cc(Cl)ccc2Br)cc1. The van der Waals surface area contributed by atoms with Crippen molar-refractivity contribution in [2.45, 2.75) is 11.8 Å². The number of halogens is 2. The Morgan fingerprint density at radius 2 is 1.76 bits per heavy atom. The third-order valence-corrected chi connectivity index (χ3v) is 5.00. The maximum Gasteiger partial charge on any atom is 0.266 e. The number of hydrogen-bond acceptors (Lipinski definition) is 3. The first-order chi connectivity index (χ1) is 9.79. The zero-order chi connectivity index (χ0) is 15.6. The zero-order valence-corrected chi connectivity index (χ0v) is 14.1. The molecule has 1 N–H and O–H groups in total. The van der Waals surface area contributed by atoms with Gasteiger partial charge in [-0.15, -0.1) is 0 Å². The summed E-state index contributed by atoms with van der Waals surface area (Å²) >= 11 is 9.01. The van der Waals surface area contributed by atoms with Crippen LogP contribution in [0.15, 0.2) is 51.8 Å². The van der Waals surface area contributed by atoms with E-state index in [0.29, 0.717) is 9.50 Å². The monoisotopic (exact) mass is 387 g/mol. The van der Waals surface area contributed by atoms with Crippen molar-refractivity contribution in [1.29, 1.82) is 0 Å². The van der Waals surface area contributed by atoms with Crippen molar-refractivity contribution in [3.8, 4) is 0 Å². The Kier molecular flexibility index (Phi) is 4.70. The van der Waals surface area contributed by atoms with E-state index in [9.17, 15) is 13.2 Å². The summed E-state index contributed by atoms with van der Waals surface area (Å²) in [6.45, 7) is 1.85. The topological polar surface area (TPSA) is 63.2 Å². The number of hydrogen-bond donors (Lipinski definition) is 1. The molecule has 0 bridgehead atoms. The molecule has 0 aliphatic rings. The predicted octanol–water partition coefficient (Wildman–Crippen LogP) is 3.53. The summed E-state index contributed by atoms with van der Waals surface area (Å²) < 4.78 is 26.8. The van der Waals surface area contributed by atoms with Crippen LogP contribution in [0.25, 0.3) is 0 Å². The first-order valence-electron chi connectivity index (χ1n) is 5.88. The van der Waals surface area contributed by atoms with E-state index in [0.717, 1.165) is 5.56 Å². The predicted molar refractivity (Wildman–Crippen MR) is 85.0 cm³/mol. The van der Waals surface area contributed by atoms with Crippen molar-refractivity contribution in [2.24, 2.45) is 0 Å². The van der Waals surface area contributed by atoms with Gasteiger partial charge in [0.1, 0.15) is 0 Å². The van der Waals surface area contributed by atoms with Crippen LogP contribution in [-0.4, -0.2) is 14.3 Å². The van der Waals surface area contributed by atoms with Crippen LogP contribution in [0.5, 0.6) is 0 Å². The smallest absolute Gasteiger partial charge is 0.266 e. The normalized spacial score (nSPS) is 11.2. The summed E-state index contributed by atoms with van der Waals surface area (Å²) in [5, 5.41) is 0.344. The molecule has 2 aromatic carbocycles. The van der Waals surface area contributed by atoms with E-state index in [1.165, 1.54) is 18.2 Å². The van der Waals surface area contributed by atoms with E-state index in [1.54, 1.807) is 24.3 Å². The molecule has 21 heavy (non-hydrogen) atoms. The number of carbonyl (C=O) groups excluding carboxylic acids is 1. The molecular formula is C14H11BrClNO3S. The quantitative estimate of drug-likeness (QED) is 0.875. The van der Waals surface area contributed by atoms with Gasteiger partial charge in [0, 0.05) is 9.50 Å². The van der Waals surface area contributed by atoms with E-state index in [-0.39, 0.29) is 10.5 Å². The largest absolute Gasteiger partial charge is 0.268 e.